The quantitative estimate of drug-likeness (QED) is 0.872. The van der Waals surface area contributed by atoms with Crippen LogP contribution in [0.15, 0.2) is 48.5 Å². The summed E-state index contributed by atoms with van der Waals surface area (Å²) in [6.45, 7) is 2.29. The minimum Gasteiger partial charge on any atom is -0.324 e. The molecule has 0 heterocycles. The second-order valence-electron chi connectivity index (χ2n) is 5.32. The van der Waals surface area contributed by atoms with E-state index < -0.39 is 0 Å². The van der Waals surface area contributed by atoms with Crippen LogP contribution in [0.5, 0.6) is 0 Å². The van der Waals surface area contributed by atoms with Crippen molar-refractivity contribution >= 4 is 23.2 Å². The highest BCUT2D eigenvalue weighted by Gasteiger charge is 2.20. The lowest BCUT2D eigenvalue weighted by Crippen LogP contribution is -3.10. The van der Waals surface area contributed by atoms with Gasteiger partial charge in [0.25, 0.3) is 5.91 Å². The molecule has 0 fully saturated rings. The number of likely N-dealkylation sites (N-methyl/N-ethyl adjacent to an activating group) is 1. The van der Waals surface area contributed by atoms with Crippen molar-refractivity contribution in [2.24, 2.45) is 0 Å². The minimum absolute atomic E-state index is 0.0759. The SMILES string of the molecule is C[C@H](c1ccccc1Cl)[NH+](C)CC(=O)Nc1cccc(F)c1. The Morgan fingerprint density at radius 3 is 2.68 bits per heavy atom. The Morgan fingerprint density at radius 1 is 1.27 bits per heavy atom. The molecule has 2 atom stereocenters. The Kier molecular flexibility index (Phi) is 5.52. The van der Waals surface area contributed by atoms with E-state index in [1.54, 1.807) is 12.1 Å². The summed E-state index contributed by atoms with van der Waals surface area (Å²) in [7, 11) is 1.93. The summed E-state index contributed by atoms with van der Waals surface area (Å²) in [6, 6.07) is 13.5. The van der Waals surface area contributed by atoms with Gasteiger partial charge in [0.1, 0.15) is 11.9 Å². The maximum atomic E-state index is 13.1. The summed E-state index contributed by atoms with van der Waals surface area (Å²) in [5, 5.41) is 3.40. The van der Waals surface area contributed by atoms with E-state index in [2.05, 4.69) is 5.32 Å². The third-order valence-electron chi connectivity index (χ3n) is 3.66. The lowest BCUT2D eigenvalue weighted by Gasteiger charge is -2.22. The standard InChI is InChI=1S/C17H18ClFN2O/c1-12(15-8-3-4-9-16(15)18)21(2)11-17(22)20-14-7-5-6-13(19)10-14/h3-10,12H,11H2,1-2H3,(H,20,22)/p+1/t12-/m1/s1. The van der Waals surface area contributed by atoms with Crippen LogP contribution in [-0.2, 0) is 4.79 Å². The molecule has 0 aliphatic carbocycles. The van der Waals surface area contributed by atoms with Gasteiger partial charge in [0.15, 0.2) is 6.54 Å². The first-order chi connectivity index (χ1) is 10.5. The van der Waals surface area contributed by atoms with Crippen LogP contribution in [0.4, 0.5) is 10.1 Å². The molecule has 0 aliphatic heterocycles. The van der Waals surface area contributed by atoms with Crippen molar-refractivity contribution in [3.63, 3.8) is 0 Å². The van der Waals surface area contributed by atoms with Gasteiger partial charge in [0.05, 0.1) is 7.05 Å². The number of hydrogen-bond donors (Lipinski definition) is 2. The van der Waals surface area contributed by atoms with Crippen molar-refractivity contribution in [3.8, 4) is 0 Å². The van der Waals surface area contributed by atoms with Crippen LogP contribution in [0.1, 0.15) is 18.5 Å². The smallest absolute Gasteiger partial charge is 0.279 e. The van der Waals surface area contributed by atoms with E-state index in [0.29, 0.717) is 10.7 Å². The second-order valence-corrected chi connectivity index (χ2v) is 5.73. The summed E-state index contributed by atoms with van der Waals surface area (Å²) >= 11 is 6.19. The Morgan fingerprint density at radius 2 is 2.00 bits per heavy atom. The molecule has 0 aliphatic rings. The number of quaternary nitrogens is 1. The van der Waals surface area contributed by atoms with Gasteiger partial charge < -0.3 is 10.2 Å². The molecule has 2 aromatic carbocycles. The molecule has 116 valence electrons. The third kappa shape index (κ3) is 4.29. The van der Waals surface area contributed by atoms with Crippen molar-refractivity contribution in [3.05, 3.63) is 64.9 Å². The number of carbonyl (C=O) groups is 1. The van der Waals surface area contributed by atoms with E-state index in [0.717, 1.165) is 10.5 Å². The average Bonchev–Trinajstić information content (AvgIpc) is 2.46. The van der Waals surface area contributed by atoms with E-state index in [4.69, 9.17) is 11.6 Å². The fraction of sp³-hybridized carbons (Fsp3) is 0.235. The lowest BCUT2D eigenvalue weighted by molar-refractivity contribution is -0.902. The molecular formula is C17H19ClFN2O+. The van der Waals surface area contributed by atoms with E-state index in [1.807, 2.05) is 38.2 Å². The summed E-state index contributed by atoms with van der Waals surface area (Å²) in [5.41, 5.74) is 1.46. The first-order valence-corrected chi connectivity index (χ1v) is 7.47. The van der Waals surface area contributed by atoms with Crippen molar-refractivity contribution in [1.29, 1.82) is 0 Å². The maximum Gasteiger partial charge on any atom is 0.279 e. The molecule has 3 nitrogen and oxygen atoms in total. The van der Waals surface area contributed by atoms with Gasteiger partial charge in [0.2, 0.25) is 0 Å². The third-order valence-corrected chi connectivity index (χ3v) is 4.00. The van der Waals surface area contributed by atoms with Crippen molar-refractivity contribution in [2.75, 3.05) is 18.9 Å². The summed E-state index contributed by atoms with van der Waals surface area (Å²) in [6.07, 6.45) is 0. The number of nitrogens with one attached hydrogen (secondary N) is 2. The topological polar surface area (TPSA) is 33.5 Å². The van der Waals surface area contributed by atoms with Crippen molar-refractivity contribution in [2.45, 2.75) is 13.0 Å². The second kappa shape index (κ2) is 7.38. The molecule has 0 saturated carbocycles. The molecule has 0 aromatic heterocycles. The first-order valence-electron chi connectivity index (χ1n) is 7.09. The van der Waals surface area contributed by atoms with Crippen molar-refractivity contribution < 1.29 is 14.1 Å². The predicted molar refractivity (Wildman–Crippen MR) is 86.7 cm³/mol. The van der Waals surface area contributed by atoms with E-state index in [-0.39, 0.29) is 24.3 Å². The molecule has 0 spiro atoms. The Balaban J connectivity index is 1.98. The van der Waals surface area contributed by atoms with Crippen LogP contribution in [0.3, 0.4) is 0 Å². The number of hydrogen-bond acceptors (Lipinski definition) is 1. The number of benzene rings is 2. The zero-order valence-electron chi connectivity index (χ0n) is 12.6. The molecule has 1 amide bonds. The number of halogens is 2. The molecule has 0 bridgehead atoms. The van der Waals surface area contributed by atoms with Crippen LogP contribution in [0.25, 0.3) is 0 Å². The molecule has 1 unspecified atom stereocenters. The summed E-state index contributed by atoms with van der Waals surface area (Å²) in [5.74, 6) is -0.537. The van der Waals surface area contributed by atoms with Gasteiger partial charge in [0, 0.05) is 16.3 Å². The summed E-state index contributed by atoms with van der Waals surface area (Å²) < 4.78 is 13.1. The fourth-order valence-electron chi connectivity index (χ4n) is 2.27. The highest BCUT2D eigenvalue weighted by molar-refractivity contribution is 6.31. The van der Waals surface area contributed by atoms with Gasteiger partial charge in [-0.3, -0.25) is 4.79 Å². The highest BCUT2D eigenvalue weighted by atomic mass is 35.5. The monoisotopic (exact) mass is 321 g/mol. The number of carbonyl (C=O) groups excluding carboxylic acids is 1. The minimum atomic E-state index is -0.372. The van der Waals surface area contributed by atoms with E-state index >= 15 is 0 Å². The first kappa shape index (κ1) is 16.5. The van der Waals surface area contributed by atoms with Crippen LogP contribution in [-0.4, -0.2) is 19.5 Å². The fourth-order valence-corrected chi connectivity index (χ4v) is 2.57. The highest BCUT2D eigenvalue weighted by Crippen LogP contribution is 2.20. The molecule has 5 heteroatoms. The number of rotatable bonds is 5. The predicted octanol–water partition coefficient (Wildman–Crippen LogP) is 2.69. The maximum absolute atomic E-state index is 13.1. The lowest BCUT2D eigenvalue weighted by atomic mass is 10.1. The molecular weight excluding hydrogens is 303 g/mol. The van der Waals surface area contributed by atoms with Gasteiger partial charge in [-0.15, -0.1) is 0 Å². The van der Waals surface area contributed by atoms with Crippen LogP contribution in [0.2, 0.25) is 5.02 Å². The normalized spacial score (nSPS) is 13.5. The number of amides is 1. The van der Waals surface area contributed by atoms with Crippen LogP contribution in [0, 0.1) is 5.82 Å². The molecule has 0 saturated heterocycles. The van der Waals surface area contributed by atoms with Gasteiger partial charge >= 0.3 is 0 Å². The van der Waals surface area contributed by atoms with Gasteiger partial charge in [-0.25, -0.2) is 4.39 Å². The van der Waals surface area contributed by atoms with Crippen LogP contribution >= 0.6 is 11.6 Å². The molecule has 2 aromatic rings. The van der Waals surface area contributed by atoms with Gasteiger partial charge in [-0.1, -0.05) is 35.9 Å². The van der Waals surface area contributed by atoms with Gasteiger partial charge in [-0.05, 0) is 31.2 Å². The van der Waals surface area contributed by atoms with E-state index in [1.165, 1.54) is 12.1 Å². The Hall–Kier alpha value is -1.91. The van der Waals surface area contributed by atoms with Crippen molar-refractivity contribution in [1.82, 2.24) is 0 Å². The van der Waals surface area contributed by atoms with Gasteiger partial charge in [-0.2, -0.15) is 0 Å². The average molecular weight is 322 g/mol. The molecule has 2 rings (SSSR count). The Bertz CT molecular complexity index is 663. The number of anilines is 1. The summed E-state index contributed by atoms with van der Waals surface area (Å²) in [4.78, 5) is 13.1. The molecule has 2 N–H and O–H groups in total. The molecule has 22 heavy (non-hydrogen) atoms. The van der Waals surface area contributed by atoms with Crippen LogP contribution < -0.4 is 10.2 Å². The zero-order chi connectivity index (χ0) is 16.1. The molecule has 0 radical (unpaired) electrons. The zero-order valence-corrected chi connectivity index (χ0v) is 13.3. The Labute approximate surface area is 134 Å². The van der Waals surface area contributed by atoms with E-state index in [9.17, 15) is 9.18 Å². The largest absolute Gasteiger partial charge is 0.324 e.